The van der Waals surface area contributed by atoms with Crippen LogP contribution in [-0.4, -0.2) is 11.0 Å². The summed E-state index contributed by atoms with van der Waals surface area (Å²) in [5, 5.41) is 0.697. The van der Waals surface area contributed by atoms with Gasteiger partial charge in [0.15, 0.2) is 5.43 Å². The lowest BCUT2D eigenvalue weighted by Crippen LogP contribution is -2.30. The van der Waals surface area contributed by atoms with Gasteiger partial charge in [-0.05, 0) is 25.1 Å². The first-order valence-corrected chi connectivity index (χ1v) is 7.97. The van der Waals surface area contributed by atoms with Gasteiger partial charge < -0.3 is 14.1 Å². The third-order valence-corrected chi connectivity index (χ3v) is 4.48. The molecule has 0 radical (unpaired) electrons. The van der Waals surface area contributed by atoms with E-state index >= 15 is 0 Å². The zero-order valence-electron chi connectivity index (χ0n) is 13.1. The van der Waals surface area contributed by atoms with Gasteiger partial charge in [-0.2, -0.15) is 0 Å². The topological polar surface area (TPSA) is 89.4 Å². The number of H-pyrrole nitrogens is 1. The van der Waals surface area contributed by atoms with Gasteiger partial charge in [0.25, 0.3) is 5.56 Å². The third kappa shape index (κ3) is 2.55. The van der Waals surface area contributed by atoms with Crippen LogP contribution in [0.1, 0.15) is 29.2 Å². The highest BCUT2D eigenvalue weighted by atomic mass is 35.5. The Balaban J connectivity index is 1.99. The van der Waals surface area contributed by atoms with E-state index in [1.807, 2.05) is 0 Å². The van der Waals surface area contributed by atoms with Crippen LogP contribution in [0.4, 0.5) is 0 Å². The number of halogens is 1. The molecule has 25 heavy (non-hydrogen) atoms. The molecule has 0 fully saturated rings. The van der Waals surface area contributed by atoms with E-state index in [1.165, 1.54) is 12.3 Å². The van der Waals surface area contributed by atoms with Crippen molar-refractivity contribution >= 4 is 28.5 Å². The summed E-state index contributed by atoms with van der Waals surface area (Å²) in [5.74, 6) is -1.07. The van der Waals surface area contributed by atoms with Gasteiger partial charge in [0.1, 0.15) is 11.3 Å². The quantitative estimate of drug-likeness (QED) is 0.676. The molecule has 1 aliphatic rings. The van der Waals surface area contributed by atoms with Crippen LogP contribution >= 0.6 is 11.6 Å². The molecule has 4 rings (SSSR count). The van der Waals surface area contributed by atoms with Crippen LogP contribution in [0, 0.1) is 6.92 Å². The van der Waals surface area contributed by atoms with E-state index in [-0.39, 0.29) is 28.7 Å². The molecule has 3 aromatic rings. The van der Waals surface area contributed by atoms with Crippen LogP contribution in [0.2, 0.25) is 5.02 Å². The van der Waals surface area contributed by atoms with Gasteiger partial charge in [-0.15, -0.1) is 0 Å². The standard InChI is InChI=1S/C18H12ClNO5/c1-8-4-14-16(18(23)20-8)10(6-15(21)25-14)12-7-24-13-3-2-9(19)5-11(13)17(12)22/h2-5,7,10H,6H2,1H3,(H,20,23)/t10-/m1/s1. The van der Waals surface area contributed by atoms with Gasteiger partial charge in [0, 0.05) is 28.3 Å². The Bertz CT molecular complexity index is 1140. The average Bonchev–Trinajstić information content (AvgIpc) is 2.54. The summed E-state index contributed by atoms with van der Waals surface area (Å²) in [4.78, 5) is 39.9. The highest BCUT2D eigenvalue weighted by molar-refractivity contribution is 6.31. The Labute approximate surface area is 146 Å². The second-order valence-electron chi connectivity index (χ2n) is 5.95. The third-order valence-electron chi connectivity index (χ3n) is 4.25. The molecule has 2 aromatic heterocycles. The molecule has 0 bridgehead atoms. The van der Waals surface area contributed by atoms with Crippen LogP contribution in [0.25, 0.3) is 11.0 Å². The smallest absolute Gasteiger partial charge is 0.312 e. The molecule has 0 saturated heterocycles. The number of aryl methyl sites for hydroxylation is 1. The fourth-order valence-corrected chi connectivity index (χ4v) is 3.31. The summed E-state index contributed by atoms with van der Waals surface area (Å²) in [5.41, 5.74) is 0.706. The maximum Gasteiger partial charge on any atom is 0.312 e. The first-order chi connectivity index (χ1) is 11.9. The maximum absolute atomic E-state index is 12.9. The second kappa shape index (κ2) is 5.60. The summed E-state index contributed by atoms with van der Waals surface area (Å²) in [6.45, 7) is 1.69. The number of rotatable bonds is 1. The molecule has 1 aromatic carbocycles. The molecule has 0 aliphatic carbocycles. The molecule has 0 saturated carbocycles. The van der Waals surface area contributed by atoms with Crippen molar-refractivity contribution in [3.63, 3.8) is 0 Å². The fourth-order valence-electron chi connectivity index (χ4n) is 3.14. The van der Waals surface area contributed by atoms with Crippen LogP contribution in [-0.2, 0) is 4.79 Å². The Morgan fingerprint density at radius 2 is 2.00 bits per heavy atom. The number of esters is 1. The molecule has 3 heterocycles. The van der Waals surface area contributed by atoms with E-state index in [2.05, 4.69) is 4.98 Å². The number of hydrogen-bond donors (Lipinski definition) is 1. The zero-order valence-corrected chi connectivity index (χ0v) is 13.8. The predicted molar refractivity (Wildman–Crippen MR) is 91.4 cm³/mol. The molecule has 0 unspecified atom stereocenters. The number of aromatic nitrogens is 1. The minimum Gasteiger partial charge on any atom is -0.464 e. The zero-order chi connectivity index (χ0) is 17.7. The number of fused-ring (bicyclic) bond motifs is 2. The van der Waals surface area contributed by atoms with Crippen LogP contribution in [0.5, 0.6) is 5.75 Å². The van der Waals surface area contributed by atoms with Crippen LogP contribution in [0.3, 0.4) is 0 Å². The van der Waals surface area contributed by atoms with Crippen LogP contribution in [0.15, 0.2) is 44.5 Å². The Kier molecular flexibility index (Phi) is 3.51. The second-order valence-corrected chi connectivity index (χ2v) is 6.39. The summed E-state index contributed by atoms with van der Waals surface area (Å²) in [6.07, 6.45) is 1.18. The van der Waals surface area contributed by atoms with Gasteiger partial charge in [0.05, 0.1) is 23.6 Å². The van der Waals surface area contributed by atoms with E-state index < -0.39 is 17.4 Å². The lowest BCUT2D eigenvalue weighted by atomic mass is 9.87. The number of benzene rings is 1. The van der Waals surface area contributed by atoms with E-state index in [0.29, 0.717) is 21.7 Å². The lowest BCUT2D eigenvalue weighted by Gasteiger charge is -2.23. The van der Waals surface area contributed by atoms with Crippen molar-refractivity contribution in [2.45, 2.75) is 19.3 Å². The van der Waals surface area contributed by atoms with Crippen molar-refractivity contribution in [2.75, 3.05) is 0 Å². The van der Waals surface area contributed by atoms with Gasteiger partial charge in [-0.25, -0.2) is 0 Å². The Morgan fingerprint density at radius 3 is 2.80 bits per heavy atom. The number of ether oxygens (including phenoxy) is 1. The van der Waals surface area contributed by atoms with E-state index in [4.69, 9.17) is 20.8 Å². The summed E-state index contributed by atoms with van der Waals surface area (Å²) in [7, 11) is 0. The summed E-state index contributed by atoms with van der Waals surface area (Å²) >= 11 is 5.97. The largest absolute Gasteiger partial charge is 0.464 e. The fraction of sp³-hybridized carbons (Fsp3) is 0.167. The van der Waals surface area contributed by atoms with Gasteiger partial charge in [-0.1, -0.05) is 11.6 Å². The molecule has 0 amide bonds. The number of nitrogens with one attached hydrogen (secondary N) is 1. The number of aromatic amines is 1. The average molecular weight is 358 g/mol. The Hall–Kier alpha value is -2.86. The van der Waals surface area contributed by atoms with E-state index in [9.17, 15) is 14.4 Å². The number of hydrogen-bond acceptors (Lipinski definition) is 5. The highest BCUT2D eigenvalue weighted by Crippen LogP contribution is 2.36. The number of carbonyl (C=O) groups is 1. The molecule has 0 spiro atoms. The first kappa shape index (κ1) is 15.7. The molecular weight excluding hydrogens is 346 g/mol. The van der Waals surface area contributed by atoms with Crippen molar-refractivity contribution in [2.24, 2.45) is 0 Å². The van der Waals surface area contributed by atoms with Crippen molar-refractivity contribution in [1.29, 1.82) is 0 Å². The maximum atomic E-state index is 12.9. The van der Waals surface area contributed by atoms with Crippen LogP contribution < -0.4 is 15.7 Å². The number of pyridine rings is 1. The first-order valence-electron chi connectivity index (χ1n) is 7.59. The predicted octanol–water partition coefficient (Wildman–Crippen LogP) is 2.88. The van der Waals surface area contributed by atoms with Gasteiger partial charge in [-0.3, -0.25) is 14.4 Å². The van der Waals surface area contributed by atoms with Crippen molar-refractivity contribution < 1.29 is 13.9 Å². The van der Waals surface area contributed by atoms with Crippen molar-refractivity contribution in [3.05, 3.63) is 72.9 Å². The molecule has 1 N–H and O–H groups in total. The highest BCUT2D eigenvalue weighted by Gasteiger charge is 2.33. The molecule has 7 heteroatoms. The molecule has 1 aliphatic heterocycles. The Morgan fingerprint density at radius 1 is 1.20 bits per heavy atom. The normalized spacial score (nSPS) is 16.6. The van der Waals surface area contributed by atoms with Crippen molar-refractivity contribution in [1.82, 2.24) is 4.98 Å². The SMILES string of the molecule is Cc1cc2c(c(=O)[nH]1)[C@@H](c1coc3ccc(Cl)cc3c1=O)CC(=O)O2. The molecule has 126 valence electrons. The van der Waals surface area contributed by atoms with E-state index in [0.717, 1.165) is 0 Å². The summed E-state index contributed by atoms with van der Waals surface area (Å²) in [6, 6.07) is 6.29. The summed E-state index contributed by atoms with van der Waals surface area (Å²) < 4.78 is 10.7. The molecule has 1 atom stereocenters. The minimum atomic E-state index is -0.736. The minimum absolute atomic E-state index is 0.115. The lowest BCUT2D eigenvalue weighted by molar-refractivity contribution is -0.135. The monoisotopic (exact) mass is 357 g/mol. The van der Waals surface area contributed by atoms with Crippen molar-refractivity contribution in [3.8, 4) is 5.75 Å². The molecule has 6 nitrogen and oxygen atoms in total. The number of carbonyl (C=O) groups excluding carboxylic acids is 1. The molecular formula is C18H12ClNO5. The van der Waals surface area contributed by atoms with Gasteiger partial charge in [0.2, 0.25) is 0 Å². The van der Waals surface area contributed by atoms with E-state index in [1.54, 1.807) is 25.1 Å². The van der Waals surface area contributed by atoms with Gasteiger partial charge >= 0.3 is 5.97 Å².